The van der Waals surface area contributed by atoms with E-state index in [1.807, 2.05) is 0 Å². The number of nitrogens with two attached hydrogens (primary N) is 1. The van der Waals surface area contributed by atoms with Crippen molar-refractivity contribution in [3.8, 4) is 11.8 Å². The highest BCUT2D eigenvalue weighted by atomic mass is 16.2. The summed E-state index contributed by atoms with van der Waals surface area (Å²) in [5.74, 6) is 5.31. The molecular formula is C7H9N3O2. The van der Waals surface area contributed by atoms with Crippen LogP contribution >= 0.6 is 0 Å². The Hall–Kier alpha value is -1.67. The standard InChI is InChI=1S/C7H9N3O2/c8-6-5(2-1-3-11)4-9-7(12)10-6/h11H,3-4,8H2,(H2,9,10,12). The van der Waals surface area contributed by atoms with E-state index in [9.17, 15) is 4.79 Å². The molecule has 1 heterocycles. The van der Waals surface area contributed by atoms with Gasteiger partial charge in [-0.15, -0.1) is 0 Å². The number of nitrogens with one attached hydrogen (secondary N) is 2. The van der Waals surface area contributed by atoms with Gasteiger partial charge in [0.25, 0.3) is 0 Å². The van der Waals surface area contributed by atoms with Crippen LogP contribution in [-0.4, -0.2) is 24.3 Å². The van der Waals surface area contributed by atoms with E-state index in [1.54, 1.807) is 0 Å². The maximum atomic E-state index is 10.7. The lowest BCUT2D eigenvalue weighted by atomic mass is 10.2. The van der Waals surface area contributed by atoms with Crippen molar-refractivity contribution < 1.29 is 9.90 Å². The van der Waals surface area contributed by atoms with Gasteiger partial charge in [-0.2, -0.15) is 0 Å². The molecule has 0 fully saturated rings. The summed E-state index contributed by atoms with van der Waals surface area (Å²) in [5.41, 5.74) is 6.02. The summed E-state index contributed by atoms with van der Waals surface area (Å²) in [6.07, 6.45) is 0. The molecule has 0 saturated heterocycles. The summed E-state index contributed by atoms with van der Waals surface area (Å²) in [6, 6.07) is -0.331. The first-order chi connectivity index (χ1) is 5.74. The molecule has 0 saturated carbocycles. The summed E-state index contributed by atoms with van der Waals surface area (Å²) in [6.45, 7) is 0.0927. The lowest BCUT2D eigenvalue weighted by Gasteiger charge is -2.15. The molecule has 0 aromatic carbocycles. The van der Waals surface area contributed by atoms with Crippen molar-refractivity contribution in [2.24, 2.45) is 5.73 Å². The highest BCUT2D eigenvalue weighted by molar-refractivity contribution is 5.78. The van der Waals surface area contributed by atoms with Crippen molar-refractivity contribution in [2.45, 2.75) is 0 Å². The van der Waals surface area contributed by atoms with E-state index in [0.717, 1.165) is 0 Å². The molecule has 1 aliphatic rings. The quantitative estimate of drug-likeness (QED) is 0.330. The van der Waals surface area contributed by atoms with Crippen molar-refractivity contribution in [1.29, 1.82) is 0 Å². The van der Waals surface area contributed by atoms with Gasteiger partial charge in [-0.25, -0.2) is 4.79 Å². The predicted octanol–water partition coefficient (Wildman–Crippen LogP) is -1.53. The third-order valence-corrected chi connectivity index (χ3v) is 1.32. The van der Waals surface area contributed by atoms with Crippen molar-refractivity contribution in [1.82, 2.24) is 10.6 Å². The van der Waals surface area contributed by atoms with Crippen LogP contribution < -0.4 is 16.4 Å². The van der Waals surface area contributed by atoms with Gasteiger partial charge in [-0.1, -0.05) is 11.8 Å². The van der Waals surface area contributed by atoms with E-state index in [4.69, 9.17) is 10.8 Å². The van der Waals surface area contributed by atoms with Crippen LogP contribution in [0.25, 0.3) is 0 Å². The van der Waals surface area contributed by atoms with Gasteiger partial charge in [-0.3, -0.25) is 5.32 Å². The van der Waals surface area contributed by atoms with Crippen LogP contribution in [0.15, 0.2) is 11.4 Å². The van der Waals surface area contributed by atoms with Crippen LogP contribution in [0.2, 0.25) is 0 Å². The molecule has 2 amide bonds. The topological polar surface area (TPSA) is 87.4 Å². The van der Waals surface area contributed by atoms with Crippen molar-refractivity contribution >= 4 is 6.03 Å². The summed E-state index contributed by atoms with van der Waals surface area (Å²) in [7, 11) is 0. The van der Waals surface area contributed by atoms with Crippen LogP contribution in [0.5, 0.6) is 0 Å². The van der Waals surface area contributed by atoms with E-state index in [1.165, 1.54) is 0 Å². The second-order valence-electron chi connectivity index (χ2n) is 2.16. The lowest BCUT2D eigenvalue weighted by Crippen LogP contribution is -2.44. The second kappa shape index (κ2) is 3.64. The van der Waals surface area contributed by atoms with E-state index in [2.05, 4.69) is 22.5 Å². The highest BCUT2D eigenvalue weighted by Gasteiger charge is 2.11. The Balaban J connectivity index is 2.75. The van der Waals surface area contributed by atoms with Gasteiger partial charge in [-0.05, 0) is 0 Å². The molecule has 0 aliphatic carbocycles. The van der Waals surface area contributed by atoms with Crippen LogP contribution in [0.1, 0.15) is 0 Å². The average molecular weight is 167 g/mol. The SMILES string of the molecule is NC1=C(C#CCO)CNC(=O)N1. The van der Waals surface area contributed by atoms with E-state index < -0.39 is 0 Å². The maximum Gasteiger partial charge on any atom is 0.320 e. The summed E-state index contributed by atoms with van der Waals surface area (Å²) >= 11 is 0. The fraction of sp³-hybridized carbons (Fsp3) is 0.286. The Kier molecular flexibility index (Phi) is 2.56. The van der Waals surface area contributed by atoms with Gasteiger partial charge in [0.05, 0.1) is 12.1 Å². The average Bonchev–Trinajstić information content (AvgIpc) is 2.03. The normalized spacial score (nSPS) is 15.9. The molecule has 0 radical (unpaired) electrons. The van der Waals surface area contributed by atoms with Crippen LogP contribution in [0.4, 0.5) is 4.79 Å². The van der Waals surface area contributed by atoms with Crippen LogP contribution in [-0.2, 0) is 0 Å². The van der Waals surface area contributed by atoms with Crippen LogP contribution in [0.3, 0.4) is 0 Å². The number of hydrogen-bond acceptors (Lipinski definition) is 3. The van der Waals surface area contributed by atoms with Crippen molar-refractivity contribution in [3.05, 3.63) is 11.4 Å². The number of aliphatic hydroxyl groups is 1. The molecule has 1 aliphatic heterocycles. The van der Waals surface area contributed by atoms with Gasteiger partial charge >= 0.3 is 6.03 Å². The van der Waals surface area contributed by atoms with E-state index in [-0.39, 0.29) is 18.5 Å². The van der Waals surface area contributed by atoms with Crippen LogP contribution in [0, 0.1) is 11.8 Å². The molecule has 0 atom stereocenters. The van der Waals surface area contributed by atoms with Crippen molar-refractivity contribution in [2.75, 3.05) is 13.2 Å². The molecule has 5 nitrogen and oxygen atoms in total. The van der Waals surface area contributed by atoms with Gasteiger partial charge in [0.2, 0.25) is 0 Å². The minimum Gasteiger partial charge on any atom is -0.384 e. The first-order valence-electron chi connectivity index (χ1n) is 3.37. The Bertz CT molecular complexity index is 285. The molecule has 12 heavy (non-hydrogen) atoms. The molecule has 5 heteroatoms. The molecule has 5 N–H and O–H groups in total. The summed E-state index contributed by atoms with van der Waals surface area (Å²) in [4.78, 5) is 10.7. The molecule has 0 aromatic heterocycles. The number of carbonyl (C=O) groups excluding carboxylic acids is 1. The molecule has 0 aromatic rings. The smallest absolute Gasteiger partial charge is 0.320 e. The Morgan fingerprint density at radius 1 is 1.67 bits per heavy atom. The summed E-state index contributed by atoms with van der Waals surface area (Å²) in [5, 5.41) is 13.3. The Morgan fingerprint density at radius 2 is 2.42 bits per heavy atom. The van der Waals surface area contributed by atoms with Gasteiger partial charge in [0.1, 0.15) is 12.4 Å². The van der Waals surface area contributed by atoms with Gasteiger partial charge in [0, 0.05) is 0 Å². The molecule has 64 valence electrons. The first-order valence-corrected chi connectivity index (χ1v) is 3.37. The zero-order valence-corrected chi connectivity index (χ0v) is 6.35. The number of rotatable bonds is 0. The molecule has 0 unspecified atom stereocenters. The molecular weight excluding hydrogens is 158 g/mol. The number of hydrogen-bond donors (Lipinski definition) is 4. The lowest BCUT2D eigenvalue weighted by molar-refractivity contribution is 0.242. The number of aliphatic hydroxyl groups excluding tert-OH is 1. The highest BCUT2D eigenvalue weighted by Crippen LogP contribution is 1.97. The van der Waals surface area contributed by atoms with Gasteiger partial charge < -0.3 is 16.2 Å². The molecule has 1 rings (SSSR count). The maximum absolute atomic E-state index is 10.7. The Morgan fingerprint density at radius 3 is 3.00 bits per heavy atom. The predicted molar refractivity (Wildman–Crippen MR) is 42.6 cm³/mol. The van der Waals surface area contributed by atoms with E-state index in [0.29, 0.717) is 12.1 Å². The van der Waals surface area contributed by atoms with Gasteiger partial charge in [0.15, 0.2) is 0 Å². The monoisotopic (exact) mass is 167 g/mol. The van der Waals surface area contributed by atoms with E-state index >= 15 is 0 Å². The third kappa shape index (κ3) is 1.90. The fourth-order valence-corrected chi connectivity index (χ4v) is 0.764. The Labute approximate surface area is 69.6 Å². The summed E-state index contributed by atoms with van der Waals surface area (Å²) < 4.78 is 0. The minimum absolute atomic E-state index is 0.218. The number of urea groups is 1. The molecule has 0 bridgehead atoms. The third-order valence-electron chi connectivity index (χ3n) is 1.32. The van der Waals surface area contributed by atoms with Crippen molar-refractivity contribution in [3.63, 3.8) is 0 Å². The fourth-order valence-electron chi connectivity index (χ4n) is 0.764. The number of amides is 2. The first kappa shape index (κ1) is 8.43. The zero-order valence-electron chi connectivity index (χ0n) is 6.35. The zero-order chi connectivity index (χ0) is 8.97. The minimum atomic E-state index is -0.331. The largest absolute Gasteiger partial charge is 0.384 e. The second-order valence-corrected chi connectivity index (χ2v) is 2.16. The number of carbonyl (C=O) groups is 1. The molecule has 0 spiro atoms.